The van der Waals surface area contributed by atoms with Gasteiger partial charge in [-0.15, -0.1) is 5.10 Å². The van der Waals surface area contributed by atoms with Gasteiger partial charge in [0.05, 0.1) is 18.0 Å². The first-order valence-corrected chi connectivity index (χ1v) is 11.2. The monoisotopic (exact) mass is 415 g/mol. The van der Waals surface area contributed by atoms with Crippen LogP contribution in [0.25, 0.3) is 10.8 Å². The minimum absolute atomic E-state index is 0.0782. The molecule has 30 heavy (non-hydrogen) atoms. The molecule has 3 aromatic rings. The topological polar surface area (TPSA) is 45.0 Å². The van der Waals surface area contributed by atoms with Gasteiger partial charge >= 0.3 is 0 Å². The van der Waals surface area contributed by atoms with Gasteiger partial charge in [-0.25, -0.2) is 0 Å². The molecule has 0 aliphatic carbocycles. The average Bonchev–Trinajstić information content (AvgIpc) is 3.05. The zero-order valence-electron chi connectivity index (χ0n) is 17.3. The second-order valence-corrected chi connectivity index (χ2v) is 8.61. The summed E-state index contributed by atoms with van der Waals surface area (Å²) in [5.41, 5.74) is 3.32. The molecule has 0 radical (unpaired) electrons. The lowest BCUT2D eigenvalue weighted by atomic mass is 10.1. The maximum absolute atomic E-state index is 13.0. The molecule has 4 nitrogen and oxygen atoms in total. The van der Waals surface area contributed by atoms with Gasteiger partial charge in [0.1, 0.15) is 0 Å². The van der Waals surface area contributed by atoms with Crippen molar-refractivity contribution in [3.8, 4) is 0 Å². The van der Waals surface area contributed by atoms with Crippen LogP contribution < -0.4 is 0 Å². The SMILES string of the molecule is CCCC1SC(=NN=Cc2cccc3ccccc23)N(Cc2ccccc2C)C1=O. The molecule has 5 heteroatoms. The summed E-state index contributed by atoms with van der Waals surface area (Å²) < 4.78 is 0. The van der Waals surface area contributed by atoms with Gasteiger partial charge in [-0.1, -0.05) is 91.8 Å². The van der Waals surface area contributed by atoms with Gasteiger partial charge in [0.15, 0.2) is 5.17 Å². The fourth-order valence-corrected chi connectivity index (χ4v) is 4.85. The molecule has 1 amide bonds. The molecule has 1 atom stereocenters. The zero-order chi connectivity index (χ0) is 20.9. The molecule has 152 valence electrons. The Morgan fingerprint density at radius 1 is 1.03 bits per heavy atom. The molecule has 4 rings (SSSR count). The van der Waals surface area contributed by atoms with E-state index < -0.39 is 0 Å². The maximum atomic E-state index is 13.0. The molecule has 1 aliphatic heterocycles. The van der Waals surface area contributed by atoms with Gasteiger partial charge in [0.2, 0.25) is 5.91 Å². The highest BCUT2D eigenvalue weighted by Gasteiger charge is 2.37. The fraction of sp³-hybridized carbons (Fsp3) is 0.240. The van der Waals surface area contributed by atoms with Crippen molar-refractivity contribution in [3.63, 3.8) is 0 Å². The quantitative estimate of drug-likeness (QED) is 0.378. The fourth-order valence-electron chi connectivity index (χ4n) is 3.64. The van der Waals surface area contributed by atoms with Crippen molar-refractivity contribution in [2.75, 3.05) is 0 Å². The molecule has 0 N–H and O–H groups in total. The first kappa shape index (κ1) is 20.4. The molecule has 0 saturated carbocycles. The summed E-state index contributed by atoms with van der Waals surface area (Å²) in [6.45, 7) is 4.71. The molecule has 0 bridgehead atoms. The van der Waals surface area contributed by atoms with E-state index in [-0.39, 0.29) is 11.2 Å². The lowest BCUT2D eigenvalue weighted by Crippen LogP contribution is -2.31. The van der Waals surface area contributed by atoms with Crippen LogP contribution in [-0.4, -0.2) is 27.4 Å². The van der Waals surface area contributed by atoms with Gasteiger partial charge < -0.3 is 0 Å². The smallest absolute Gasteiger partial charge is 0.242 e. The second-order valence-electron chi connectivity index (χ2n) is 7.44. The van der Waals surface area contributed by atoms with E-state index in [9.17, 15) is 4.79 Å². The summed E-state index contributed by atoms with van der Waals surface area (Å²) in [5.74, 6) is 0.129. The summed E-state index contributed by atoms with van der Waals surface area (Å²) in [7, 11) is 0. The first-order valence-electron chi connectivity index (χ1n) is 10.3. The van der Waals surface area contributed by atoms with Gasteiger partial charge in [-0.2, -0.15) is 5.10 Å². The number of amidine groups is 1. The third kappa shape index (κ3) is 4.31. The van der Waals surface area contributed by atoms with Crippen LogP contribution in [0.15, 0.2) is 76.9 Å². The second kappa shape index (κ2) is 9.26. The predicted octanol–water partition coefficient (Wildman–Crippen LogP) is 5.78. The Labute approximate surface area is 181 Å². The van der Waals surface area contributed by atoms with Crippen molar-refractivity contribution >= 4 is 39.8 Å². The molecule has 0 spiro atoms. The number of carbonyl (C=O) groups is 1. The standard InChI is InChI=1S/C25H25N3OS/c1-3-9-23-24(29)28(17-21-12-5-4-10-18(21)2)25(30-23)27-26-16-20-14-8-13-19-11-6-7-15-22(19)20/h4-8,10-16,23H,3,9,17H2,1-2H3. The van der Waals surface area contributed by atoms with E-state index in [0.717, 1.165) is 29.4 Å². The Balaban J connectivity index is 1.62. The van der Waals surface area contributed by atoms with Crippen LogP contribution in [0.3, 0.4) is 0 Å². The summed E-state index contributed by atoms with van der Waals surface area (Å²) >= 11 is 1.53. The van der Waals surface area contributed by atoms with Crippen LogP contribution >= 0.6 is 11.8 Å². The number of hydrogen-bond acceptors (Lipinski definition) is 4. The number of rotatable bonds is 6. The normalized spacial score (nSPS) is 18.2. The Kier molecular flexibility index (Phi) is 6.29. The van der Waals surface area contributed by atoms with E-state index >= 15 is 0 Å². The van der Waals surface area contributed by atoms with Crippen LogP contribution in [-0.2, 0) is 11.3 Å². The number of nitrogens with zero attached hydrogens (tertiary/aromatic N) is 3. The summed E-state index contributed by atoms with van der Waals surface area (Å²) in [6, 6.07) is 22.5. The highest BCUT2D eigenvalue weighted by atomic mass is 32.2. The number of aryl methyl sites for hydroxylation is 1. The molecule has 1 aliphatic rings. The highest BCUT2D eigenvalue weighted by molar-refractivity contribution is 8.15. The van der Waals surface area contributed by atoms with E-state index in [2.05, 4.69) is 54.4 Å². The summed E-state index contributed by atoms with van der Waals surface area (Å²) in [4.78, 5) is 14.8. The van der Waals surface area contributed by atoms with Gasteiger partial charge in [-0.3, -0.25) is 9.69 Å². The number of fused-ring (bicyclic) bond motifs is 1. The zero-order valence-corrected chi connectivity index (χ0v) is 18.1. The number of thioether (sulfide) groups is 1. The maximum Gasteiger partial charge on any atom is 0.242 e. The van der Waals surface area contributed by atoms with Crippen LogP contribution in [0.1, 0.15) is 36.5 Å². The Morgan fingerprint density at radius 2 is 1.80 bits per heavy atom. The molecule has 1 saturated heterocycles. The van der Waals surface area contributed by atoms with E-state index in [1.54, 1.807) is 11.1 Å². The molecule has 1 unspecified atom stereocenters. The van der Waals surface area contributed by atoms with Crippen LogP contribution in [0.5, 0.6) is 0 Å². The number of hydrogen-bond donors (Lipinski definition) is 0. The number of benzene rings is 3. The highest BCUT2D eigenvalue weighted by Crippen LogP contribution is 2.32. The van der Waals surface area contributed by atoms with Gasteiger partial charge in [0.25, 0.3) is 0 Å². The Bertz CT molecular complexity index is 1120. The summed E-state index contributed by atoms with van der Waals surface area (Å²) in [6.07, 6.45) is 3.59. The van der Waals surface area contributed by atoms with Crippen LogP contribution in [0, 0.1) is 6.92 Å². The minimum atomic E-state index is -0.0782. The van der Waals surface area contributed by atoms with Crippen molar-refractivity contribution in [3.05, 3.63) is 83.4 Å². The molecule has 1 heterocycles. The average molecular weight is 416 g/mol. The molecular formula is C25H25N3OS. The molecule has 1 fully saturated rings. The van der Waals surface area contributed by atoms with Crippen molar-refractivity contribution < 1.29 is 4.79 Å². The number of amides is 1. The van der Waals surface area contributed by atoms with Gasteiger partial charge in [-0.05, 0) is 35.2 Å². The largest absolute Gasteiger partial charge is 0.284 e. The van der Waals surface area contributed by atoms with Gasteiger partial charge in [0, 0.05) is 5.56 Å². The summed E-state index contributed by atoms with van der Waals surface area (Å²) in [5, 5.41) is 11.7. The predicted molar refractivity (Wildman–Crippen MR) is 127 cm³/mol. The molecule has 0 aromatic heterocycles. The number of carbonyl (C=O) groups excluding carboxylic acids is 1. The van der Waals surface area contributed by atoms with Crippen molar-refractivity contribution in [1.82, 2.24) is 4.90 Å². The van der Waals surface area contributed by atoms with E-state index in [4.69, 9.17) is 0 Å². The third-order valence-electron chi connectivity index (χ3n) is 5.32. The Hall–Kier alpha value is -2.92. The Morgan fingerprint density at radius 3 is 2.63 bits per heavy atom. The van der Waals surface area contributed by atoms with Crippen molar-refractivity contribution in [2.24, 2.45) is 10.2 Å². The molecular weight excluding hydrogens is 390 g/mol. The van der Waals surface area contributed by atoms with Crippen LogP contribution in [0.4, 0.5) is 0 Å². The van der Waals surface area contributed by atoms with E-state index in [1.807, 2.05) is 36.4 Å². The lowest BCUT2D eigenvalue weighted by molar-refractivity contribution is -0.126. The van der Waals surface area contributed by atoms with Crippen molar-refractivity contribution in [2.45, 2.75) is 38.5 Å². The van der Waals surface area contributed by atoms with Crippen molar-refractivity contribution in [1.29, 1.82) is 0 Å². The lowest BCUT2D eigenvalue weighted by Gasteiger charge is -2.17. The van der Waals surface area contributed by atoms with E-state index in [0.29, 0.717) is 11.7 Å². The third-order valence-corrected chi connectivity index (χ3v) is 6.56. The minimum Gasteiger partial charge on any atom is -0.284 e. The first-order chi connectivity index (χ1) is 14.7. The van der Waals surface area contributed by atoms with E-state index in [1.165, 1.54) is 22.7 Å². The van der Waals surface area contributed by atoms with Crippen LogP contribution in [0.2, 0.25) is 0 Å². The molecule has 3 aromatic carbocycles.